The fourth-order valence-corrected chi connectivity index (χ4v) is 2.24. The minimum atomic E-state index is -0.649. The Morgan fingerprint density at radius 3 is 2.67 bits per heavy atom. The van der Waals surface area contributed by atoms with Crippen LogP contribution in [0.4, 0.5) is 0 Å². The largest absolute Gasteiger partial charge is 0.493 e. The first-order chi connectivity index (χ1) is 10.0. The van der Waals surface area contributed by atoms with Gasteiger partial charge in [-0.1, -0.05) is 32.0 Å². The van der Waals surface area contributed by atoms with Gasteiger partial charge in [-0.15, -0.1) is 0 Å². The van der Waals surface area contributed by atoms with E-state index in [4.69, 9.17) is 10.5 Å². The molecule has 0 saturated heterocycles. The average molecular weight is 292 g/mol. The van der Waals surface area contributed by atoms with Gasteiger partial charge in [0, 0.05) is 0 Å². The summed E-state index contributed by atoms with van der Waals surface area (Å²) in [6, 6.07) is 8.06. The molecule has 1 amide bonds. The highest BCUT2D eigenvalue weighted by Crippen LogP contribution is 2.19. The molecule has 118 valence electrons. The summed E-state index contributed by atoms with van der Waals surface area (Å²) in [6.07, 6.45) is 3.39. The quantitative estimate of drug-likeness (QED) is 0.652. The third kappa shape index (κ3) is 5.38. The third-order valence-electron chi connectivity index (χ3n) is 3.74. The Labute approximate surface area is 128 Å². The maximum absolute atomic E-state index is 11.6. The van der Waals surface area contributed by atoms with Crippen molar-refractivity contribution >= 4 is 5.91 Å². The molecule has 0 fully saturated rings. The first kappa shape index (κ1) is 17.5. The van der Waals surface area contributed by atoms with Gasteiger partial charge in [-0.3, -0.25) is 4.79 Å². The van der Waals surface area contributed by atoms with Crippen LogP contribution in [0.25, 0.3) is 0 Å². The Morgan fingerprint density at radius 2 is 2.05 bits per heavy atom. The number of hydrogen-bond donors (Lipinski definition) is 2. The van der Waals surface area contributed by atoms with Gasteiger partial charge >= 0.3 is 0 Å². The van der Waals surface area contributed by atoms with Crippen LogP contribution in [-0.4, -0.2) is 24.6 Å². The van der Waals surface area contributed by atoms with Crippen LogP contribution < -0.4 is 15.8 Å². The topological polar surface area (TPSA) is 64.3 Å². The Balaban J connectivity index is 2.46. The maximum atomic E-state index is 11.6. The number of amides is 1. The summed E-state index contributed by atoms with van der Waals surface area (Å²) in [7, 11) is 0. The van der Waals surface area contributed by atoms with Crippen LogP contribution in [0, 0.1) is 0 Å². The van der Waals surface area contributed by atoms with Gasteiger partial charge in [0.05, 0.1) is 12.1 Å². The number of ether oxygens (including phenoxy) is 1. The van der Waals surface area contributed by atoms with Crippen molar-refractivity contribution in [3.05, 3.63) is 29.8 Å². The zero-order valence-corrected chi connectivity index (χ0v) is 13.4. The van der Waals surface area contributed by atoms with Gasteiger partial charge < -0.3 is 15.8 Å². The number of hydrogen-bond acceptors (Lipinski definition) is 3. The Morgan fingerprint density at radius 1 is 1.33 bits per heavy atom. The molecule has 1 aromatic rings. The normalized spacial score (nSPS) is 13.7. The summed E-state index contributed by atoms with van der Waals surface area (Å²) >= 11 is 0. The standard InChI is InChI=1S/C17H28N2O2/c1-4-12-19-17(3,16(18)20)11-8-13-21-15-10-7-6-9-14(15)5-2/h6-7,9-10,19H,4-5,8,11-13H2,1-3H3,(H2,18,20). The van der Waals surface area contributed by atoms with Crippen molar-refractivity contribution in [3.8, 4) is 5.75 Å². The van der Waals surface area contributed by atoms with Crippen molar-refractivity contribution in [1.82, 2.24) is 5.32 Å². The molecule has 0 saturated carbocycles. The maximum Gasteiger partial charge on any atom is 0.237 e. The van der Waals surface area contributed by atoms with E-state index in [1.807, 2.05) is 25.1 Å². The minimum absolute atomic E-state index is 0.301. The lowest BCUT2D eigenvalue weighted by Gasteiger charge is -2.27. The molecule has 1 aromatic carbocycles. The molecular formula is C17H28N2O2. The lowest BCUT2D eigenvalue weighted by Crippen LogP contribution is -2.53. The van der Waals surface area contributed by atoms with Gasteiger partial charge in [-0.25, -0.2) is 0 Å². The summed E-state index contributed by atoms with van der Waals surface area (Å²) in [5, 5.41) is 3.24. The molecule has 0 radical (unpaired) electrons. The minimum Gasteiger partial charge on any atom is -0.493 e. The SMILES string of the molecule is CCCNC(C)(CCCOc1ccccc1CC)C(N)=O. The van der Waals surface area contributed by atoms with E-state index >= 15 is 0 Å². The molecule has 1 rings (SSSR count). The number of nitrogens with one attached hydrogen (secondary N) is 1. The summed E-state index contributed by atoms with van der Waals surface area (Å²) in [6.45, 7) is 7.43. The van der Waals surface area contributed by atoms with E-state index in [1.54, 1.807) is 0 Å². The van der Waals surface area contributed by atoms with Crippen molar-refractivity contribution < 1.29 is 9.53 Å². The molecule has 21 heavy (non-hydrogen) atoms. The van der Waals surface area contributed by atoms with Gasteiger partial charge in [0.1, 0.15) is 5.75 Å². The van der Waals surface area contributed by atoms with E-state index in [-0.39, 0.29) is 5.91 Å². The molecule has 4 nitrogen and oxygen atoms in total. The molecule has 0 aliphatic heterocycles. The molecule has 0 spiro atoms. The number of carbonyl (C=O) groups is 1. The number of carbonyl (C=O) groups excluding carboxylic acids is 1. The smallest absolute Gasteiger partial charge is 0.237 e. The summed E-state index contributed by atoms with van der Waals surface area (Å²) in [4.78, 5) is 11.6. The molecule has 1 unspecified atom stereocenters. The van der Waals surface area contributed by atoms with Crippen LogP contribution in [0.5, 0.6) is 5.75 Å². The Hall–Kier alpha value is -1.55. The van der Waals surface area contributed by atoms with Crippen LogP contribution in [0.15, 0.2) is 24.3 Å². The summed E-state index contributed by atoms with van der Waals surface area (Å²) in [5.74, 6) is 0.632. The number of aryl methyl sites for hydroxylation is 1. The van der Waals surface area contributed by atoms with Crippen LogP contribution in [0.1, 0.15) is 45.6 Å². The van der Waals surface area contributed by atoms with Crippen LogP contribution in [0.3, 0.4) is 0 Å². The zero-order valence-electron chi connectivity index (χ0n) is 13.4. The average Bonchev–Trinajstić information content (AvgIpc) is 2.49. The highest BCUT2D eigenvalue weighted by molar-refractivity contribution is 5.84. The number of nitrogens with two attached hydrogens (primary N) is 1. The first-order valence-electron chi connectivity index (χ1n) is 7.79. The molecule has 0 bridgehead atoms. The summed E-state index contributed by atoms with van der Waals surface area (Å²) < 4.78 is 5.83. The van der Waals surface area contributed by atoms with Crippen molar-refractivity contribution in [2.75, 3.05) is 13.2 Å². The van der Waals surface area contributed by atoms with Crippen LogP contribution >= 0.6 is 0 Å². The van der Waals surface area contributed by atoms with E-state index < -0.39 is 5.54 Å². The van der Waals surface area contributed by atoms with Gasteiger partial charge in [0.25, 0.3) is 0 Å². The molecule has 0 heterocycles. The van der Waals surface area contributed by atoms with E-state index in [0.29, 0.717) is 13.0 Å². The zero-order chi connectivity index (χ0) is 15.7. The highest BCUT2D eigenvalue weighted by atomic mass is 16.5. The molecule has 0 aliphatic carbocycles. The lowest BCUT2D eigenvalue weighted by molar-refractivity contribution is -0.124. The molecule has 3 N–H and O–H groups in total. The number of rotatable bonds is 10. The number of primary amides is 1. The second-order valence-corrected chi connectivity index (χ2v) is 5.54. The van der Waals surface area contributed by atoms with Crippen LogP contribution in [0.2, 0.25) is 0 Å². The fraction of sp³-hybridized carbons (Fsp3) is 0.588. The third-order valence-corrected chi connectivity index (χ3v) is 3.74. The van der Waals surface area contributed by atoms with E-state index in [2.05, 4.69) is 25.2 Å². The fourth-order valence-electron chi connectivity index (χ4n) is 2.24. The predicted molar refractivity (Wildman–Crippen MR) is 86.4 cm³/mol. The monoisotopic (exact) mass is 292 g/mol. The van der Waals surface area contributed by atoms with Gasteiger partial charge in [0.2, 0.25) is 5.91 Å². The molecular weight excluding hydrogens is 264 g/mol. The molecule has 0 aromatic heterocycles. The second-order valence-electron chi connectivity index (χ2n) is 5.54. The van der Waals surface area contributed by atoms with Crippen molar-refractivity contribution in [1.29, 1.82) is 0 Å². The van der Waals surface area contributed by atoms with Gasteiger partial charge in [-0.2, -0.15) is 0 Å². The first-order valence-corrected chi connectivity index (χ1v) is 7.79. The predicted octanol–water partition coefficient (Wildman–Crippen LogP) is 2.65. The van der Waals surface area contributed by atoms with Crippen molar-refractivity contribution in [2.24, 2.45) is 5.73 Å². The Kier molecular flexibility index (Phi) is 7.23. The van der Waals surface area contributed by atoms with E-state index in [9.17, 15) is 4.79 Å². The molecule has 1 atom stereocenters. The van der Waals surface area contributed by atoms with Gasteiger partial charge in [-0.05, 0) is 50.8 Å². The Bertz CT molecular complexity index is 448. The molecule has 4 heteroatoms. The number of para-hydroxylation sites is 1. The summed E-state index contributed by atoms with van der Waals surface area (Å²) in [5.41, 5.74) is 6.07. The lowest BCUT2D eigenvalue weighted by atomic mass is 9.95. The number of benzene rings is 1. The van der Waals surface area contributed by atoms with Gasteiger partial charge in [0.15, 0.2) is 0 Å². The van der Waals surface area contributed by atoms with Crippen LogP contribution in [-0.2, 0) is 11.2 Å². The van der Waals surface area contributed by atoms with E-state index in [1.165, 1.54) is 5.56 Å². The highest BCUT2D eigenvalue weighted by Gasteiger charge is 2.29. The van der Waals surface area contributed by atoms with Crippen molar-refractivity contribution in [3.63, 3.8) is 0 Å². The van der Waals surface area contributed by atoms with Crippen molar-refractivity contribution in [2.45, 2.75) is 52.0 Å². The van der Waals surface area contributed by atoms with E-state index in [0.717, 1.165) is 31.6 Å². The molecule has 0 aliphatic rings. The second kappa shape index (κ2) is 8.67.